The number of ether oxygens (including phenoxy) is 3. The van der Waals surface area contributed by atoms with E-state index < -0.39 is 8.07 Å². The van der Waals surface area contributed by atoms with E-state index >= 15 is 0 Å². The highest BCUT2D eigenvalue weighted by Gasteiger charge is 2.34. The molecule has 0 aromatic heterocycles. The fraction of sp³-hybridized carbons (Fsp3) is 0.387. The normalized spacial score (nSPS) is 17.8. The Bertz CT molecular complexity index is 1240. The maximum absolute atomic E-state index is 13.6. The van der Waals surface area contributed by atoms with Crippen molar-refractivity contribution in [2.24, 2.45) is 0 Å². The first kappa shape index (κ1) is 27.9. The van der Waals surface area contributed by atoms with Gasteiger partial charge < -0.3 is 19.1 Å². The van der Waals surface area contributed by atoms with Gasteiger partial charge in [0.2, 0.25) is 0 Å². The highest BCUT2D eigenvalue weighted by atomic mass is 28.3. The summed E-state index contributed by atoms with van der Waals surface area (Å²) in [4.78, 5) is 14.6. The van der Waals surface area contributed by atoms with Crippen LogP contribution >= 0.6 is 0 Å². The molecule has 1 fully saturated rings. The summed E-state index contributed by atoms with van der Waals surface area (Å²) < 4.78 is 31.3. The maximum Gasteiger partial charge on any atom is 0.409 e. The highest BCUT2D eigenvalue weighted by Crippen LogP contribution is 2.32. The van der Waals surface area contributed by atoms with Crippen LogP contribution in [0.5, 0.6) is 5.75 Å². The van der Waals surface area contributed by atoms with Crippen LogP contribution in [0.3, 0.4) is 0 Å². The molecule has 0 saturated carbocycles. The van der Waals surface area contributed by atoms with E-state index in [1.807, 2.05) is 30.3 Å². The second kappa shape index (κ2) is 12.6. The van der Waals surface area contributed by atoms with Crippen molar-refractivity contribution in [3.63, 3.8) is 0 Å². The Kier molecular flexibility index (Phi) is 9.23. The zero-order valence-corrected chi connectivity index (χ0v) is 23.6. The van der Waals surface area contributed by atoms with Crippen LogP contribution in [0.1, 0.15) is 23.5 Å². The van der Waals surface area contributed by atoms with E-state index in [9.17, 15) is 9.18 Å². The van der Waals surface area contributed by atoms with Gasteiger partial charge in [-0.25, -0.2) is 9.18 Å². The molecule has 3 aromatic carbocycles. The number of hydrogen-bond acceptors (Lipinski definition) is 4. The van der Waals surface area contributed by atoms with Gasteiger partial charge in [0.1, 0.15) is 18.2 Å². The minimum atomic E-state index is -1.29. The number of likely N-dealkylation sites (tertiary alicyclic amines) is 1. The van der Waals surface area contributed by atoms with Crippen LogP contribution in [0.4, 0.5) is 9.18 Å². The molecular formula is C31H38FNO4Si. The van der Waals surface area contributed by atoms with Gasteiger partial charge in [0, 0.05) is 20.5 Å². The van der Waals surface area contributed by atoms with E-state index in [1.165, 1.54) is 12.1 Å². The molecule has 1 aliphatic rings. The Hall–Kier alpha value is -3.16. The van der Waals surface area contributed by atoms with Crippen LogP contribution in [0, 0.1) is 5.82 Å². The van der Waals surface area contributed by atoms with E-state index in [2.05, 4.69) is 44.4 Å². The van der Waals surface area contributed by atoms with Gasteiger partial charge in [-0.05, 0) is 64.7 Å². The first-order valence-corrected chi connectivity index (χ1v) is 17.0. The standard InChI is InChI=1S/C31H38FNO4Si/c1-5-16-35-28-13-10-25-19-23(6-7-26(25)20-28)22-37-30-21-33(31(34)36-17-18-38(2,3)4)15-14-29(30)24-8-11-27(32)12-9-24/h5-13,19-20,29-30H,1,14-18,21-22H2,2-4H3. The third kappa shape index (κ3) is 7.68. The summed E-state index contributed by atoms with van der Waals surface area (Å²) in [6.07, 6.45) is 1.94. The van der Waals surface area contributed by atoms with Crippen LogP contribution in [-0.2, 0) is 16.1 Å². The summed E-state index contributed by atoms with van der Waals surface area (Å²) in [5, 5.41) is 2.19. The van der Waals surface area contributed by atoms with Crippen molar-refractivity contribution in [1.82, 2.24) is 4.90 Å². The van der Waals surface area contributed by atoms with Crippen molar-refractivity contribution in [2.45, 2.75) is 50.7 Å². The molecule has 1 heterocycles. The van der Waals surface area contributed by atoms with Crippen molar-refractivity contribution in [1.29, 1.82) is 0 Å². The minimum Gasteiger partial charge on any atom is -0.490 e. The Balaban J connectivity index is 1.45. The molecule has 1 saturated heterocycles. The molecule has 0 bridgehead atoms. The number of rotatable bonds is 10. The number of carbonyl (C=O) groups excluding carboxylic acids is 1. The molecule has 0 radical (unpaired) electrons. The lowest BCUT2D eigenvalue weighted by molar-refractivity contribution is -0.0233. The van der Waals surface area contributed by atoms with Gasteiger partial charge in [-0.1, -0.05) is 62.6 Å². The van der Waals surface area contributed by atoms with E-state index in [1.54, 1.807) is 11.0 Å². The zero-order chi connectivity index (χ0) is 27.1. The molecule has 4 rings (SSSR count). The predicted octanol–water partition coefficient (Wildman–Crippen LogP) is 7.39. The van der Waals surface area contributed by atoms with Crippen LogP contribution in [0.15, 0.2) is 73.3 Å². The van der Waals surface area contributed by atoms with Gasteiger partial charge in [-0.2, -0.15) is 0 Å². The molecular weight excluding hydrogens is 497 g/mol. The van der Waals surface area contributed by atoms with Gasteiger partial charge in [0.25, 0.3) is 0 Å². The molecule has 7 heteroatoms. The summed E-state index contributed by atoms with van der Waals surface area (Å²) in [5.41, 5.74) is 2.07. The third-order valence-electron chi connectivity index (χ3n) is 6.90. The number of piperidine rings is 1. The van der Waals surface area contributed by atoms with Gasteiger partial charge in [0.05, 0.1) is 25.9 Å². The van der Waals surface area contributed by atoms with Crippen molar-refractivity contribution < 1.29 is 23.4 Å². The summed E-state index contributed by atoms with van der Waals surface area (Å²) in [7, 11) is -1.29. The monoisotopic (exact) mass is 535 g/mol. The van der Waals surface area contributed by atoms with Crippen LogP contribution in [0.25, 0.3) is 10.8 Å². The summed E-state index contributed by atoms with van der Waals surface area (Å²) >= 11 is 0. The Labute approximate surface area is 226 Å². The topological polar surface area (TPSA) is 48.0 Å². The molecule has 0 aliphatic carbocycles. The van der Waals surface area contributed by atoms with Crippen molar-refractivity contribution in [3.8, 4) is 5.75 Å². The van der Waals surface area contributed by atoms with Gasteiger partial charge in [0.15, 0.2) is 0 Å². The lowest BCUT2D eigenvalue weighted by atomic mass is 9.87. The van der Waals surface area contributed by atoms with E-state index in [4.69, 9.17) is 14.2 Å². The predicted molar refractivity (Wildman–Crippen MR) is 153 cm³/mol. The number of hydrogen-bond donors (Lipinski definition) is 0. The van der Waals surface area contributed by atoms with E-state index in [-0.39, 0.29) is 23.9 Å². The van der Waals surface area contributed by atoms with Crippen LogP contribution < -0.4 is 4.74 Å². The Morgan fingerprint density at radius 3 is 2.55 bits per heavy atom. The molecule has 1 aliphatic heterocycles. The van der Waals surface area contributed by atoms with Gasteiger partial charge in [-0.15, -0.1) is 0 Å². The Morgan fingerprint density at radius 2 is 1.82 bits per heavy atom. The Morgan fingerprint density at radius 1 is 1.08 bits per heavy atom. The molecule has 2 unspecified atom stereocenters. The molecule has 3 aromatic rings. The van der Waals surface area contributed by atoms with Crippen molar-refractivity contribution in [2.75, 3.05) is 26.3 Å². The summed E-state index contributed by atoms with van der Waals surface area (Å²) in [6, 6.07) is 19.8. The molecule has 202 valence electrons. The summed E-state index contributed by atoms with van der Waals surface area (Å²) in [5.74, 6) is 0.609. The first-order valence-electron chi connectivity index (χ1n) is 13.3. The number of amides is 1. The molecule has 2 atom stereocenters. The lowest BCUT2D eigenvalue weighted by Crippen LogP contribution is -2.47. The third-order valence-corrected chi connectivity index (χ3v) is 8.61. The van der Waals surface area contributed by atoms with Crippen molar-refractivity contribution in [3.05, 3.63) is 90.3 Å². The average molecular weight is 536 g/mol. The quantitative estimate of drug-likeness (QED) is 0.201. The van der Waals surface area contributed by atoms with Gasteiger partial charge >= 0.3 is 6.09 Å². The maximum atomic E-state index is 13.6. The molecule has 1 amide bonds. The number of fused-ring (bicyclic) bond motifs is 1. The van der Waals surface area contributed by atoms with E-state index in [0.717, 1.165) is 40.1 Å². The second-order valence-corrected chi connectivity index (χ2v) is 16.7. The van der Waals surface area contributed by atoms with Crippen LogP contribution in [0.2, 0.25) is 25.7 Å². The minimum absolute atomic E-state index is 0.0617. The van der Waals surface area contributed by atoms with Gasteiger partial charge in [-0.3, -0.25) is 0 Å². The van der Waals surface area contributed by atoms with Crippen LogP contribution in [-0.4, -0.2) is 51.5 Å². The lowest BCUT2D eigenvalue weighted by Gasteiger charge is -2.38. The first-order chi connectivity index (χ1) is 18.2. The zero-order valence-electron chi connectivity index (χ0n) is 22.6. The number of benzene rings is 3. The molecule has 0 spiro atoms. The fourth-order valence-electron chi connectivity index (χ4n) is 4.69. The second-order valence-electron chi connectivity index (χ2n) is 11.1. The largest absolute Gasteiger partial charge is 0.490 e. The SMILES string of the molecule is C=CCOc1ccc2cc(COC3CN(C(=O)OCC[Si](C)(C)C)CCC3c3ccc(F)cc3)ccc2c1. The fourth-order valence-corrected chi connectivity index (χ4v) is 5.40. The summed E-state index contributed by atoms with van der Waals surface area (Å²) in [6.45, 7) is 12.8. The highest BCUT2D eigenvalue weighted by molar-refractivity contribution is 6.76. The van der Waals surface area contributed by atoms with Crippen molar-refractivity contribution >= 4 is 24.9 Å². The molecule has 38 heavy (non-hydrogen) atoms. The molecule has 0 N–H and O–H groups in total. The number of halogens is 1. The molecule has 5 nitrogen and oxygen atoms in total. The smallest absolute Gasteiger partial charge is 0.409 e. The number of nitrogens with zero attached hydrogens (tertiary/aromatic N) is 1. The van der Waals surface area contributed by atoms with E-state index in [0.29, 0.717) is 32.9 Å². The number of carbonyl (C=O) groups is 1. The average Bonchev–Trinajstić information content (AvgIpc) is 2.90.